The molecule has 0 radical (unpaired) electrons. The van der Waals surface area contributed by atoms with E-state index >= 15 is 0 Å². The van der Waals surface area contributed by atoms with Gasteiger partial charge >= 0.3 is 0 Å². The SMILES string of the molecule is OC1C[C@H]2CCC[C@@H](C1)N2c1ncc(Cl)cc1Cl. The predicted octanol–water partition coefficient (Wildman–Crippen LogP) is 3.27. The first kappa shape index (κ1) is 12.5. The zero-order chi connectivity index (χ0) is 12.7. The Morgan fingerprint density at radius 2 is 1.89 bits per heavy atom. The van der Waals surface area contributed by atoms with Crippen molar-refractivity contribution in [1.29, 1.82) is 0 Å². The van der Waals surface area contributed by atoms with Crippen molar-refractivity contribution < 1.29 is 5.11 Å². The minimum Gasteiger partial charge on any atom is -0.393 e. The van der Waals surface area contributed by atoms with Crippen LogP contribution in [0.25, 0.3) is 0 Å². The summed E-state index contributed by atoms with van der Waals surface area (Å²) in [5, 5.41) is 11.1. The molecule has 2 saturated heterocycles. The van der Waals surface area contributed by atoms with Gasteiger partial charge < -0.3 is 10.0 Å². The van der Waals surface area contributed by atoms with Gasteiger partial charge in [-0.05, 0) is 38.2 Å². The summed E-state index contributed by atoms with van der Waals surface area (Å²) in [7, 11) is 0. The molecule has 1 aromatic rings. The van der Waals surface area contributed by atoms with E-state index < -0.39 is 0 Å². The van der Waals surface area contributed by atoms with Gasteiger partial charge in [0.1, 0.15) is 5.82 Å². The van der Waals surface area contributed by atoms with Gasteiger partial charge in [-0.15, -0.1) is 0 Å². The first-order chi connectivity index (χ1) is 8.65. The molecule has 98 valence electrons. The number of hydrogen-bond donors (Lipinski definition) is 1. The number of aromatic nitrogens is 1. The average molecular weight is 287 g/mol. The van der Waals surface area contributed by atoms with E-state index in [0.29, 0.717) is 22.1 Å². The Labute approximate surface area is 117 Å². The van der Waals surface area contributed by atoms with Crippen LogP contribution in [-0.4, -0.2) is 28.3 Å². The summed E-state index contributed by atoms with van der Waals surface area (Å²) < 4.78 is 0. The Morgan fingerprint density at radius 3 is 2.50 bits per heavy atom. The molecule has 18 heavy (non-hydrogen) atoms. The van der Waals surface area contributed by atoms with Crippen LogP contribution in [0.15, 0.2) is 12.3 Å². The molecule has 0 amide bonds. The van der Waals surface area contributed by atoms with Crippen LogP contribution in [0.4, 0.5) is 5.82 Å². The lowest BCUT2D eigenvalue weighted by Gasteiger charge is -2.48. The molecule has 1 unspecified atom stereocenters. The fourth-order valence-corrected chi connectivity index (χ4v) is 3.77. The molecular weight excluding hydrogens is 271 g/mol. The molecule has 2 aliphatic rings. The smallest absolute Gasteiger partial charge is 0.147 e. The molecule has 1 N–H and O–H groups in total. The number of rotatable bonds is 1. The van der Waals surface area contributed by atoms with Gasteiger partial charge in [-0.3, -0.25) is 0 Å². The summed E-state index contributed by atoms with van der Waals surface area (Å²) in [6, 6.07) is 2.46. The van der Waals surface area contributed by atoms with E-state index in [1.807, 2.05) is 0 Å². The second-order valence-electron chi connectivity index (χ2n) is 5.23. The Balaban J connectivity index is 1.95. The molecule has 2 fully saturated rings. The second-order valence-corrected chi connectivity index (χ2v) is 6.07. The molecule has 2 aliphatic heterocycles. The largest absolute Gasteiger partial charge is 0.393 e. The minimum atomic E-state index is -0.178. The van der Waals surface area contributed by atoms with Crippen LogP contribution in [0.3, 0.4) is 0 Å². The van der Waals surface area contributed by atoms with E-state index in [0.717, 1.165) is 31.5 Å². The molecule has 0 saturated carbocycles. The van der Waals surface area contributed by atoms with Crippen LogP contribution in [0, 0.1) is 0 Å². The molecule has 3 nitrogen and oxygen atoms in total. The van der Waals surface area contributed by atoms with Gasteiger partial charge in [-0.25, -0.2) is 4.98 Å². The predicted molar refractivity (Wildman–Crippen MR) is 73.4 cm³/mol. The lowest BCUT2D eigenvalue weighted by molar-refractivity contribution is 0.0924. The van der Waals surface area contributed by atoms with Crippen molar-refractivity contribution in [2.75, 3.05) is 4.90 Å². The third-order valence-corrected chi connectivity index (χ3v) is 4.47. The highest BCUT2D eigenvalue weighted by molar-refractivity contribution is 6.36. The number of fused-ring (bicyclic) bond motifs is 2. The fraction of sp³-hybridized carbons (Fsp3) is 0.615. The monoisotopic (exact) mass is 286 g/mol. The molecule has 2 bridgehead atoms. The van der Waals surface area contributed by atoms with E-state index in [1.165, 1.54) is 6.42 Å². The van der Waals surface area contributed by atoms with Gasteiger partial charge in [0.2, 0.25) is 0 Å². The van der Waals surface area contributed by atoms with Crippen LogP contribution >= 0.6 is 23.2 Å². The van der Waals surface area contributed by atoms with Crippen molar-refractivity contribution in [1.82, 2.24) is 4.98 Å². The highest BCUT2D eigenvalue weighted by Crippen LogP contribution is 2.39. The van der Waals surface area contributed by atoms with Crippen LogP contribution in [0.2, 0.25) is 10.0 Å². The van der Waals surface area contributed by atoms with E-state index in [1.54, 1.807) is 12.3 Å². The molecule has 3 rings (SSSR count). The molecule has 3 atom stereocenters. The quantitative estimate of drug-likeness (QED) is 0.861. The maximum atomic E-state index is 9.89. The zero-order valence-corrected chi connectivity index (χ0v) is 11.5. The highest BCUT2D eigenvalue weighted by Gasteiger charge is 2.39. The third kappa shape index (κ3) is 2.20. The number of aliphatic hydroxyl groups excluding tert-OH is 1. The Morgan fingerprint density at radius 1 is 1.22 bits per heavy atom. The minimum absolute atomic E-state index is 0.178. The zero-order valence-electron chi connectivity index (χ0n) is 10.0. The maximum Gasteiger partial charge on any atom is 0.147 e. The topological polar surface area (TPSA) is 36.4 Å². The summed E-state index contributed by atoms with van der Waals surface area (Å²) >= 11 is 12.2. The van der Waals surface area contributed by atoms with Gasteiger partial charge in [-0.1, -0.05) is 23.2 Å². The van der Waals surface area contributed by atoms with Gasteiger partial charge in [0.05, 0.1) is 16.1 Å². The van der Waals surface area contributed by atoms with Gasteiger partial charge in [-0.2, -0.15) is 0 Å². The Bertz CT molecular complexity index is 441. The van der Waals surface area contributed by atoms with E-state index in [-0.39, 0.29) is 6.10 Å². The maximum absolute atomic E-state index is 9.89. The van der Waals surface area contributed by atoms with Gasteiger partial charge in [0.25, 0.3) is 0 Å². The van der Waals surface area contributed by atoms with Crippen LogP contribution in [0.1, 0.15) is 32.1 Å². The highest BCUT2D eigenvalue weighted by atomic mass is 35.5. The normalized spacial score (nSPS) is 31.5. The molecule has 0 aliphatic carbocycles. The molecule has 1 aromatic heterocycles. The molecule has 0 aromatic carbocycles. The summed E-state index contributed by atoms with van der Waals surface area (Å²) in [5.74, 6) is 0.822. The lowest BCUT2D eigenvalue weighted by Crippen LogP contribution is -2.54. The van der Waals surface area contributed by atoms with Crippen molar-refractivity contribution in [2.45, 2.75) is 50.3 Å². The molecule has 3 heterocycles. The van der Waals surface area contributed by atoms with Crippen LogP contribution < -0.4 is 4.90 Å². The Hall–Kier alpha value is -0.510. The summed E-state index contributed by atoms with van der Waals surface area (Å²) in [6.07, 6.45) is 6.53. The van der Waals surface area contributed by atoms with E-state index in [2.05, 4.69) is 9.88 Å². The van der Waals surface area contributed by atoms with Crippen molar-refractivity contribution in [2.24, 2.45) is 0 Å². The Kier molecular flexibility index (Phi) is 3.39. The average Bonchev–Trinajstić information content (AvgIpc) is 2.28. The van der Waals surface area contributed by atoms with Gasteiger partial charge in [0, 0.05) is 18.3 Å². The number of piperidine rings is 2. The first-order valence-corrected chi connectivity index (χ1v) is 7.18. The number of aliphatic hydroxyl groups is 1. The lowest BCUT2D eigenvalue weighted by atomic mass is 9.83. The summed E-state index contributed by atoms with van der Waals surface area (Å²) in [5.41, 5.74) is 0. The third-order valence-electron chi connectivity index (χ3n) is 3.98. The number of halogens is 2. The molecular formula is C13H16Cl2N2O. The number of nitrogens with zero attached hydrogens (tertiary/aromatic N) is 2. The first-order valence-electron chi connectivity index (χ1n) is 6.42. The van der Waals surface area contributed by atoms with Crippen molar-refractivity contribution in [3.63, 3.8) is 0 Å². The van der Waals surface area contributed by atoms with Crippen LogP contribution in [0.5, 0.6) is 0 Å². The van der Waals surface area contributed by atoms with Gasteiger partial charge in [0.15, 0.2) is 0 Å². The molecule has 5 heteroatoms. The van der Waals surface area contributed by atoms with Crippen LogP contribution in [-0.2, 0) is 0 Å². The van der Waals surface area contributed by atoms with E-state index in [9.17, 15) is 5.11 Å². The van der Waals surface area contributed by atoms with Crippen molar-refractivity contribution in [3.05, 3.63) is 22.3 Å². The standard InChI is InChI=1S/C13H16Cl2N2O/c14-8-4-12(15)13(16-7-8)17-9-2-1-3-10(17)6-11(18)5-9/h4,7,9-11,18H,1-3,5-6H2/t9-,10+,11?. The summed E-state index contributed by atoms with van der Waals surface area (Å²) in [6.45, 7) is 0. The number of hydrogen-bond acceptors (Lipinski definition) is 3. The number of pyridine rings is 1. The summed E-state index contributed by atoms with van der Waals surface area (Å²) in [4.78, 5) is 6.69. The second kappa shape index (κ2) is 4.87. The molecule has 0 spiro atoms. The van der Waals surface area contributed by atoms with E-state index in [4.69, 9.17) is 23.2 Å². The van der Waals surface area contributed by atoms with Crippen molar-refractivity contribution >= 4 is 29.0 Å². The van der Waals surface area contributed by atoms with Crippen molar-refractivity contribution in [3.8, 4) is 0 Å². The fourth-order valence-electron chi connectivity index (χ4n) is 3.30. The number of anilines is 1.